The third kappa shape index (κ3) is 4.54. The molecule has 2 heterocycles. The number of carbonyl (C=O) groups is 5. The number of hydrogen-bond acceptors (Lipinski definition) is 11. The first kappa shape index (κ1) is 28.8. The van der Waals surface area contributed by atoms with Crippen LogP contribution in [0.25, 0.3) is 0 Å². The van der Waals surface area contributed by atoms with Gasteiger partial charge in [-0.2, -0.15) is 0 Å². The molecule has 0 N–H and O–H groups in total. The molecule has 0 unspecified atom stereocenters. The summed E-state index contributed by atoms with van der Waals surface area (Å²) in [6.07, 6.45) is -1.15. The van der Waals surface area contributed by atoms with Crippen LogP contribution in [0.2, 0.25) is 0 Å². The Hall–Kier alpha value is -3.21. The summed E-state index contributed by atoms with van der Waals surface area (Å²) in [7, 11) is 0. The van der Waals surface area contributed by atoms with Crippen molar-refractivity contribution < 1.29 is 52.4 Å². The van der Waals surface area contributed by atoms with Crippen LogP contribution in [0, 0.1) is 11.3 Å². The van der Waals surface area contributed by atoms with Crippen molar-refractivity contribution >= 4 is 29.8 Å². The zero-order valence-electron chi connectivity index (χ0n) is 23.5. The van der Waals surface area contributed by atoms with Gasteiger partial charge in [0.05, 0.1) is 5.41 Å². The van der Waals surface area contributed by atoms with E-state index in [4.69, 9.17) is 28.4 Å². The van der Waals surface area contributed by atoms with Crippen molar-refractivity contribution in [2.24, 2.45) is 11.3 Å². The molecule has 2 aliphatic heterocycles. The van der Waals surface area contributed by atoms with Gasteiger partial charge in [0, 0.05) is 46.5 Å². The van der Waals surface area contributed by atoms with Gasteiger partial charge in [-0.1, -0.05) is 24.1 Å². The van der Waals surface area contributed by atoms with Crippen molar-refractivity contribution in [2.45, 2.75) is 110 Å². The van der Waals surface area contributed by atoms with E-state index in [9.17, 15) is 24.0 Å². The lowest BCUT2D eigenvalue weighted by Gasteiger charge is -2.54. The predicted molar refractivity (Wildman–Crippen MR) is 133 cm³/mol. The van der Waals surface area contributed by atoms with Gasteiger partial charge < -0.3 is 28.4 Å². The van der Waals surface area contributed by atoms with Crippen LogP contribution in [-0.4, -0.2) is 71.6 Å². The van der Waals surface area contributed by atoms with Gasteiger partial charge in [0.2, 0.25) is 0 Å². The fourth-order valence-corrected chi connectivity index (χ4v) is 6.90. The topological polar surface area (TPSA) is 144 Å². The Labute approximate surface area is 227 Å². The fourth-order valence-electron chi connectivity index (χ4n) is 6.90. The van der Waals surface area contributed by atoms with Crippen LogP contribution in [0.1, 0.15) is 68.2 Å². The summed E-state index contributed by atoms with van der Waals surface area (Å²) < 4.78 is 35.4. The SMILES string of the molecule is CC(=O)O[C@H]1CC=C(C)[C@@H]2[C@@H](OC(C)=O)[C@]34O[C@@]3(C)C(=O)O[C@H]4/C=C(/C)C[C@@H](OC(C)=O)[C@H](OC(C)=O)[C@@]12C. The maximum Gasteiger partial charge on any atom is 0.342 e. The molecule has 0 aromatic rings. The maximum absolute atomic E-state index is 13.0. The van der Waals surface area contributed by atoms with E-state index in [-0.39, 0.29) is 12.8 Å². The van der Waals surface area contributed by atoms with Crippen molar-refractivity contribution in [3.63, 3.8) is 0 Å². The quantitative estimate of drug-likeness (QED) is 0.221. The van der Waals surface area contributed by atoms with Crippen molar-refractivity contribution in [1.82, 2.24) is 0 Å². The lowest BCUT2D eigenvalue weighted by Crippen LogP contribution is -2.64. The van der Waals surface area contributed by atoms with Crippen LogP contribution in [0.5, 0.6) is 0 Å². The highest BCUT2D eigenvalue weighted by Gasteiger charge is 2.87. The minimum absolute atomic E-state index is 0.120. The summed E-state index contributed by atoms with van der Waals surface area (Å²) in [6, 6.07) is 0. The van der Waals surface area contributed by atoms with E-state index in [2.05, 4.69) is 0 Å². The van der Waals surface area contributed by atoms with Gasteiger partial charge in [-0.25, -0.2) is 4.79 Å². The van der Waals surface area contributed by atoms with Crippen molar-refractivity contribution in [2.75, 3.05) is 0 Å². The fraction of sp³-hybridized carbons (Fsp3) is 0.679. The predicted octanol–water partition coefficient (Wildman–Crippen LogP) is 2.49. The molecule has 0 bridgehead atoms. The van der Waals surface area contributed by atoms with Gasteiger partial charge in [0.25, 0.3) is 0 Å². The molecule has 0 aromatic carbocycles. The third-order valence-electron chi connectivity index (χ3n) is 8.48. The molecule has 2 aliphatic carbocycles. The van der Waals surface area contributed by atoms with E-state index in [0.717, 1.165) is 5.57 Å². The van der Waals surface area contributed by atoms with Crippen molar-refractivity contribution in [3.05, 3.63) is 23.3 Å². The summed E-state index contributed by atoms with van der Waals surface area (Å²) in [6.45, 7) is 11.9. The molecule has 214 valence electrons. The van der Waals surface area contributed by atoms with Gasteiger partial charge in [0.15, 0.2) is 17.3 Å². The molecule has 9 atom stereocenters. The Balaban J connectivity index is 2.05. The summed E-state index contributed by atoms with van der Waals surface area (Å²) in [5.74, 6) is -3.86. The van der Waals surface area contributed by atoms with E-state index in [0.29, 0.717) is 5.57 Å². The summed E-state index contributed by atoms with van der Waals surface area (Å²) >= 11 is 0. The Bertz CT molecular complexity index is 1170. The lowest BCUT2D eigenvalue weighted by molar-refractivity contribution is -0.214. The molecule has 0 aromatic heterocycles. The second kappa shape index (κ2) is 9.76. The number of carbonyl (C=O) groups excluding carboxylic acids is 5. The first-order chi connectivity index (χ1) is 18.1. The van der Waals surface area contributed by atoms with E-state index >= 15 is 0 Å². The van der Waals surface area contributed by atoms with Crippen LogP contribution < -0.4 is 0 Å². The molecule has 0 radical (unpaired) electrons. The molecule has 11 nitrogen and oxygen atoms in total. The highest BCUT2D eigenvalue weighted by molar-refractivity contribution is 5.89. The summed E-state index contributed by atoms with van der Waals surface area (Å²) in [5.41, 5.74) is -2.73. The number of esters is 5. The molecule has 4 rings (SSSR count). The Kier molecular flexibility index (Phi) is 7.21. The molecule has 0 saturated carbocycles. The number of fused-ring (bicyclic) bond motifs is 1. The molecular formula is C28H36O11. The largest absolute Gasteiger partial charge is 0.461 e. The minimum Gasteiger partial charge on any atom is -0.461 e. The Morgan fingerprint density at radius 2 is 1.44 bits per heavy atom. The monoisotopic (exact) mass is 548 g/mol. The van der Waals surface area contributed by atoms with Gasteiger partial charge in [0.1, 0.15) is 24.4 Å². The van der Waals surface area contributed by atoms with Crippen LogP contribution in [0.15, 0.2) is 23.3 Å². The molecule has 1 spiro atoms. The van der Waals surface area contributed by atoms with Crippen LogP contribution in [0.3, 0.4) is 0 Å². The van der Waals surface area contributed by atoms with Gasteiger partial charge in [-0.15, -0.1) is 0 Å². The standard InChI is InChI=1S/C28H36O11/c1-13-11-19(34-15(3)29)23(36-17(5)31)26(7)20(35-16(4)30)10-9-14(2)22(26)24(37-18(6)32)28-21(12-13)38-25(33)27(28,8)39-28/h9,12,19-24H,10-11H2,1-8H3/b13-12-/t19-,20+,21+,22-,23+,24-,26+,27+,28+/m1/s1. The van der Waals surface area contributed by atoms with Gasteiger partial charge >= 0.3 is 29.8 Å². The zero-order valence-corrected chi connectivity index (χ0v) is 23.5. The normalized spacial score (nSPS) is 42.1. The molecule has 2 fully saturated rings. The first-order valence-electron chi connectivity index (χ1n) is 13.0. The molecule has 2 saturated heterocycles. The van der Waals surface area contributed by atoms with Crippen molar-refractivity contribution in [1.29, 1.82) is 0 Å². The Morgan fingerprint density at radius 3 is 1.97 bits per heavy atom. The van der Waals surface area contributed by atoms with E-state index in [1.54, 1.807) is 26.8 Å². The highest BCUT2D eigenvalue weighted by Crippen LogP contribution is 2.65. The molecule has 4 aliphatic rings. The van der Waals surface area contributed by atoms with Crippen molar-refractivity contribution in [3.8, 4) is 0 Å². The van der Waals surface area contributed by atoms with E-state index in [1.165, 1.54) is 27.7 Å². The smallest absolute Gasteiger partial charge is 0.342 e. The number of ether oxygens (including phenoxy) is 6. The second-order valence-electron chi connectivity index (χ2n) is 11.3. The van der Waals surface area contributed by atoms with Gasteiger partial charge in [-0.3, -0.25) is 19.2 Å². The average molecular weight is 549 g/mol. The Morgan fingerprint density at radius 1 is 0.872 bits per heavy atom. The molecule has 39 heavy (non-hydrogen) atoms. The van der Waals surface area contributed by atoms with Crippen LogP contribution in [0.4, 0.5) is 0 Å². The molecule has 11 heteroatoms. The molecular weight excluding hydrogens is 512 g/mol. The summed E-state index contributed by atoms with van der Waals surface area (Å²) in [4.78, 5) is 62.8. The third-order valence-corrected chi connectivity index (χ3v) is 8.48. The first-order valence-corrected chi connectivity index (χ1v) is 13.0. The lowest BCUT2D eigenvalue weighted by atomic mass is 9.56. The van der Waals surface area contributed by atoms with Crippen LogP contribution in [-0.2, 0) is 52.4 Å². The highest BCUT2D eigenvalue weighted by atomic mass is 16.7. The van der Waals surface area contributed by atoms with Crippen LogP contribution >= 0.6 is 0 Å². The number of hydrogen-bond donors (Lipinski definition) is 0. The zero-order chi connectivity index (χ0) is 29.1. The average Bonchev–Trinajstić information content (AvgIpc) is 3.38. The second-order valence-corrected chi connectivity index (χ2v) is 11.3. The maximum atomic E-state index is 13.0. The minimum atomic E-state index is -1.41. The molecule has 0 amide bonds. The number of rotatable bonds is 4. The van der Waals surface area contributed by atoms with E-state index in [1.807, 2.05) is 13.0 Å². The van der Waals surface area contributed by atoms with Gasteiger partial charge in [-0.05, 0) is 26.8 Å². The number of epoxide rings is 1. The van der Waals surface area contributed by atoms with E-state index < -0.39 is 82.9 Å². The summed E-state index contributed by atoms with van der Waals surface area (Å²) in [5, 5.41) is 0.